The summed E-state index contributed by atoms with van der Waals surface area (Å²) >= 11 is 0. The molecule has 0 radical (unpaired) electrons. The maximum absolute atomic E-state index is 12.2. The first-order chi connectivity index (χ1) is 7.59. The molecule has 0 saturated heterocycles. The molecule has 17 heavy (non-hydrogen) atoms. The van der Waals surface area contributed by atoms with E-state index in [-0.39, 0.29) is 12.3 Å². The van der Waals surface area contributed by atoms with E-state index in [1.807, 2.05) is 0 Å². The number of nitrogens with two attached hydrogens (primary N) is 1. The van der Waals surface area contributed by atoms with Crippen molar-refractivity contribution in [2.24, 2.45) is 11.7 Å². The summed E-state index contributed by atoms with van der Waals surface area (Å²) in [5, 5.41) is -0.527. The molecule has 0 spiro atoms. The van der Waals surface area contributed by atoms with E-state index >= 15 is 0 Å². The van der Waals surface area contributed by atoms with Gasteiger partial charge in [-0.2, -0.15) is 13.2 Å². The Morgan fingerprint density at radius 1 is 1.35 bits per heavy atom. The zero-order chi connectivity index (χ0) is 13.3. The Labute approximate surface area is 99.5 Å². The van der Waals surface area contributed by atoms with Crippen LogP contribution in [0.1, 0.15) is 32.1 Å². The van der Waals surface area contributed by atoms with Crippen molar-refractivity contribution in [1.82, 2.24) is 0 Å². The number of alkyl halides is 3. The van der Waals surface area contributed by atoms with Gasteiger partial charge >= 0.3 is 6.18 Å². The van der Waals surface area contributed by atoms with Crippen LogP contribution in [-0.4, -0.2) is 32.1 Å². The van der Waals surface area contributed by atoms with Gasteiger partial charge in [0.25, 0.3) is 0 Å². The highest BCUT2D eigenvalue weighted by Crippen LogP contribution is 2.33. The summed E-state index contributed by atoms with van der Waals surface area (Å²) in [6.07, 6.45) is -2.16. The average molecular weight is 273 g/mol. The van der Waals surface area contributed by atoms with Crippen LogP contribution < -0.4 is 5.73 Å². The van der Waals surface area contributed by atoms with Crippen LogP contribution in [0.15, 0.2) is 0 Å². The Kier molecular flexibility index (Phi) is 4.46. The summed E-state index contributed by atoms with van der Waals surface area (Å²) in [7, 11) is -3.17. The van der Waals surface area contributed by atoms with Gasteiger partial charge in [0.2, 0.25) is 0 Å². The van der Waals surface area contributed by atoms with Crippen molar-refractivity contribution in [2.45, 2.75) is 49.6 Å². The Bertz CT molecular complexity index is 353. The second-order valence-electron chi connectivity index (χ2n) is 4.86. The van der Waals surface area contributed by atoms with E-state index in [2.05, 4.69) is 0 Å². The summed E-state index contributed by atoms with van der Waals surface area (Å²) in [5.41, 5.74) is 5.53. The third-order valence-electron chi connectivity index (χ3n) is 3.34. The molecule has 0 amide bonds. The van der Waals surface area contributed by atoms with Crippen LogP contribution in [-0.2, 0) is 9.84 Å². The second-order valence-corrected chi connectivity index (χ2v) is 7.19. The first-order valence-corrected chi connectivity index (χ1v) is 7.56. The van der Waals surface area contributed by atoms with Gasteiger partial charge in [-0.3, -0.25) is 0 Å². The number of halogens is 3. The van der Waals surface area contributed by atoms with Gasteiger partial charge in [0.15, 0.2) is 0 Å². The van der Waals surface area contributed by atoms with Crippen molar-refractivity contribution in [1.29, 1.82) is 0 Å². The summed E-state index contributed by atoms with van der Waals surface area (Å²) < 4.78 is 59.3. The molecular weight excluding hydrogens is 255 g/mol. The number of hydrogen-bond donors (Lipinski definition) is 1. The molecule has 0 heterocycles. The molecule has 0 aliphatic heterocycles. The molecule has 0 bridgehead atoms. The quantitative estimate of drug-likeness (QED) is 0.854. The average Bonchev–Trinajstić information content (AvgIpc) is 2.14. The van der Waals surface area contributed by atoms with E-state index in [0.717, 1.165) is 6.26 Å². The minimum atomic E-state index is -4.28. The molecule has 3 atom stereocenters. The van der Waals surface area contributed by atoms with E-state index in [0.29, 0.717) is 19.3 Å². The highest BCUT2D eigenvalue weighted by atomic mass is 32.2. The van der Waals surface area contributed by atoms with E-state index in [1.54, 1.807) is 0 Å². The SMILES string of the molecule is CS(=O)(=O)C1CCCC(C(N)CC(F)(F)F)C1. The minimum absolute atomic E-state index is 0.260. The van der Waals surface area contributed by atoms with Gasteiger partial charge in [0.05, 0.1) is 11.7 Å². The second kappa shape index (κ2) is 5.14. The van der Waals surface area contributed by atoms with Crippen molar-refractivity contribution in [2.75, 3.05) is 6.26 Å². The lowest BCUT2D eigenvalue weighted by Crippen LogP contribution is -2.40. The van der Waals surface area contributed by atoms with Gasteiger partial charge in [0.1, 0.15) is 9.84 Å². The number of rotatable bonds is 3. The van der Waals surface area contributed by atoms with Gasteiger partial charge in [-0.05, 0) is 25.2 Å². The van der Waals surface area contributed by atoms with E-state index in [1.165, 1.54) is 0 Å². The van der Waals surface area contributed by atoms with Crippen molar-refractivity contribution in [3.63, 3.8) is 0 Å². The first kappa shape index (κ1) is 14.8. The third kappa shape index (κ3) is 4.83. The molecule has 1 rings (SSSR count). The molecule has 0 aromatic carbocycles. The molecule has 1 fully saturated rings. The highest BCUT2D eigenvalue weighted by molar-refractivity contribution is 7.91. The molecule has 3 nitrogen and oxygen atoms in total. The van der Waals surface area contributed by atoms with Gasteiger partial charge < -0.3 is 5.73 Å². The fourth-order valence-electron chi connectivity index (χ4n) is 2.39. The van der Waals surface area contributed by atoms with E-state index < -0.39 is 33.7 Å². The molecule has 3 unspecified atom stereocenters. The molecular formula is C10H18F3NO2S. The van der Waals surface area contributed by atoms with E-state index in [9.17, 15) is 21.6 Å². The van der Waals surface area contributed by atoms with Crippen LogP contribution in [0, 0.1) is 5.92 Å². The van der Waals surface area contributed by atoms with Gasteiger partial charge in [-0.25, -0.2) is 8.42 Å². The molecule has 7 heteroatoms. The smallest absolute Gasteiger partial charge is 0.327 e. The molecule has 1 saturated carbocycles. The topological polar surface area (TPSA) is 60.2 Å². The first-order valence-electron chi connectivity index (χ1n) is 5.61. The van der Waals surface area contributed by atoms with Crippen LogP contribution in [0.4, 0.5) is 13.2 Å². The van der Waals surface area contributed by atoms with Crippen LogP contribution >= 0.6 is 0 Å². The normalized spacial score (nSPS) is 29.0. The van der Waals surface area contributed by atoms with Crippen molar-refractivity contribution in [3.05, 3.63) is 0 Å². The lowest BCUT2D eigenvalue weighted by atomic mass is 9.82. The van der Waals surface area contributed by atoms with Crippen molar-refractivity contribution >= 4 is 9.84 Å². The monoisotopic (exact) mass is 273 g/mol. The molecule has 1 aliphatic rings. The van der Waals surface area contributed by atoms with Gasteiger partial charge in [-0.15, -0.1) is 0 Å². The molecule has 2 N–H and O–H groups in total. The Balaban J connectivity index is 2.61. The fourth-order valence-corrected chi connectivity index (χ4v) is 3.58. The number of sulfone groups is 1. The minimum Gasteiger partial charge on any atom is -0.327 e. The van der Waals surface area contributed by atoms with E-state index in [4.69, 9.17) is 5.73 Å². The number of hydrogen-bond acceptors (Lipinski definition) is 3. The van der Waals surface area contributed by atoms with Crippen LogP contribution in [0.5, 0.6) is 0 Å². The van der Waals surface area contributed by atoms with Crippen LogP contribution in [0.3, 0.4) is 0 Å². The van der Waals surface area contributed by atoms with Gasteiger partial charge in [0, 0.05) is 12.3 Å². The van der Waals surface area contributed by atoms with Gasteiger partial charge in [-0.1, -0.05) is 6.42 Å². The lowest BCUT2D eigenvalue weighted by molar-refractivity contribution is -0.141. The van der Waals surface area contributed by atoms with Crippen molar-refractivity contribution in [3.8, 4) is 0 Å². The summed E-state index contributed by atoms with van der Waals surface area (Å²) in [6.45, 7) is 0. The molecule has 0 aromatic rings. The lowest BCUT2D eigenvalue weighted by Gasteiger charge is -2.32. The zero-order valence-electron chi connectivity index (χ0n) is 9.70. The summed E-state index contributed by atoms with van der Waals surface area (Å²) in [6, 6.07) is -0.987. The summed E-state index contributed by atoms with van der Waals surface area (Å²) in [4.78, 5) is 0. The molecule has 0 aromatic heterocycles. The predicted molar refractivity (Wildman–Crippen MR) is 59.2 cm³/mol. The fraction of sp³-hybridized carbons (Fsp3) is 1.00. The van der Waals surface area contributed by atoms with Crippen LogP contribution in [0.25, 0.3) is 0 Å². The Morgan fingerprint density at radius 3 is 2.41 bits per heavy atom. The van der Waals surface area contributed by atoms with Crippen LogP contribution in [0.2, 0.25) is 0 Å². The maximum atomic E-state index is 12.2. The predicted octanol–water partition coefficient (Wildman–Crippen LogP) is 1.87. The third-order valence-corrected chi connectivity index (χ3v) is 4.98. The summed E-state index contributed by atoms with van der Waals surface area (Å²) in [5.74, 6) is -0.342. The maximum Gasteiger partial charge on any atom is 0.390 e. The largest absolute Gasteiger partial charge is 0.390 e. The standard InChI is InChI=1S/C10H18F3NO2S/c1-17(15,16)8-4-2-3-7(5-8)9(14)6-10(11,12)13/h7-9H,2-6,14H2,1H3. The zero-order valence-corrected chi connectivity index (χ0v) is 10.5. The Hall–Kier alpha value is -0.300. The molecule has 102 valence electrons. The highest BCUT2D eigenvalue weighted by Gasteiger charge is 2.37. The Morgan fingerprint density at radius 2 is 1.94 bits per heavy atom. The van der Waals surface area contributed by atoms with Crippen molar-refractivity contribution < 1.29 is 21.6 Å². The molecule has 1 aliphatic carbocycles.